The summed E-state index contributed by atoms with van der Waals surface area (Å²) in [5.74, 6) is -1.47. The van der Waals surface area contributed by atoms with Crippen molar-refractivity contribution >= 4 is 18.0 Å². The lowest BCUT2D eigenvalue weighted by Crippen LogP contribution is -2.40. The van der Waals surface area contributed by atoms with E-state index in [1.807, 2.05) is 78.9 Å². The summed E-state index contributed by atoms with van der Waals surface area (Å²) in [6.45, 7) is 0. The van der Waals surface area contributed by atoms with Crippen molar-refractivity contribution in [2.45, 2.75) is 12.5 Å². The molecule has 1 atom stereocenters. The van der Waals surface area contributed by atoms with Gasteiger partial charge in [0, 0.05) is 5.56 Å². The van der Waals surface area contributed by atoms with Crippen LogP contribution in [0.4, 0.5) is 0 Å². The predicted molar refractivity (Wildman–Crippen MR) is 111 cm³/mol. The summed E-state index contributed by atoms with van der Waals surface area (Å²) in [7, 11) is 0. The molecule has 0 saturated heterocycles. The summed E-state index contributed by atoms with van der Waals surface area (Å²) in [6, 6.07) is 25.6. The van der Waals surface area contributed by atoms with Gasteiger partial charge in [-0.05, 0) is 35.2 Å². The Labute approximate surface area is 164 Å². The number of hydrogen-bond acceptors (Lipinski definition) is 2. The Kier molecular flexibility index (Phi) is 6.37. The molecular formula is C24H21NO3. The summed E-state index contributed by atoms with van der Waals surface area (Å²) in [5.41, 5.74) is 3.47. The molecule has 0 saturated carbocycles. The minimum absolute atomic E-state index is 0.206. The van der Waals surface area contributed by atoms with Crippen molar-refractivity contribution in [3.63, 3.8) is 0 Å². The van der Waals surface area contributed by atoms with Crippen LogP contribution in [-0.2, 0) is 4.79 Å². The molecule has 3 aromatic carbocycles. The van der Waals surface area contributed by atoms with Gasteiger partial charge in [-0.3, -0.25) is 4.79 Å². The average molecular weight is 371 g/mol. The Morgan fingerprint density at radius 3 is 2.00 bits per heavy atom. The lowest BCUT2D eigenvalue weighted by molar-refractivity contribution is -0.139. The quantitative estimate of drug-likeness (QED) is 0.636. The van der Waals surface area contributed by atoms with Crippen molar-refractivity contribution in [3.8, 4) is 11.1 Å². The zero-order valence-electron chi connectivity index (χ0n) is 15.3. The SMILES string of the molecule is O=C(N[C@@H](C/C=C/c1ccccc1)C(=O)O)c1ccc(-c2ccccc2)cc1. The zero-order chi connectivity index (χ0) is 19.8. The molecule has 3 aromatic rings. The van der Waals surface area contributed by atoms with Crippen LogP contribution in [0.3, 0.4) is 0 Å². The van der Waals surface area contributed by atoms with Gasteiger partial charge in [0.25, 0.3) is 5.91 Å². The summed E-state index contributed by atoms with van der Waals surface area (Å²) in [5, 5.41) is 12.0. The number of carboxylic acids is 1. The molecule has 4 heteroatoms. The molecule has 4 nitrogen and oxygen atoms in total. The van der Waals surface area contributed by atoms with E-state index >= 15 is 0 Å². The lowest BCUT2D eigenvalue weighted by Gasteiger charge is -2.13. The minimum atomic E-state index is -1.06. The van der Waals surface area contributed by atoms with Crippen LogP contribution in [0.5, 0.6) is 0 Å². The third kappa shape index (κ3) is 5.17. The first-order valence-electron chi connectivity index (χ1n) is 9.04. The van der Waals surface area contributed by atoms with Crippen LogP contribution in [-0.4, -0.2) is 23.0 Å². The van der Waals surface area contributed by atoms with Crippen LogP contribution in [0, 0.1) is 0 Å². The molecule has 0 aliphatic carbocycles. The second kappa shape index (κ2) is 9.33. The summed E-state index contributed by atoms with van der Waals surface area (Å²) in [4.78, 5) is 23.9. The number of aliphatic carboxylic acids is 1. The van der Waals surface area contributed by atoms with Gasteiger partial charge in [0.05, 0.1) is 0 Å². The molecule has 0 bridgehead atoms. The fraction of sp³-hybridized carbons (Fsp3) is 0.0833. The topological polar surface area (TPSA) is 66.4 Å². The first-order chi connectivity index (χ1) is 13.6. The van der Waals surface area contributed by atoms with E-state index in [0.717, 1.165) is 16.7 Å². The molecule has 0 aliphatic rings. The smallest absolute Gasteiger partial charge is 0.326 e. The molecule has 0 aliphatic heterocycles. The van der Waals surface area contributed by atoms with E-state index < -0.39 is 17.9 Å². The molecule has 0 heterocycles. The van der Waals surface area contributed by atoms with Gasteiger partial charge in [-0.1, -0.05) is 84.9 Å². The van der Waals surface area contributed by atoms with Crippen molar-refractivity contribution in [2.75, 3.05) is 0 Å². The van der Waals surface area contributed by atoms with Crippen LogP contribution in [0.25, 0.3) is 17.2 Å². The molecule has 0 fully saturated rings. The molecule has 140 valence electrons. The van der Waals surface area contributed by atoms with Crippen LogP contribution in [0.2, 0.25) is 0 Å². The summed E-state index contributed by atoms with van der Waals surface area (Å²) < 4.78 is 0. The van der Waals surface area contributed by atoms with Gasteiger partial charge in [0.15, 0.2) is 0 Å². The number of hydrogen-bond donors (Lipinski definition) is 2. The fourth-order valence-electron chi connectivity index (χ4n) is 2.81. The van der Waals surface area contributed by atoms with Crippen molar-refractivity contribution in [1.82, 2.24) is 5.32 Å². The normalized spacial score (nSPS) is 11.9. The van der Waals surface area contributed by atoms with Crippen LogP contribution in [0.1, 0.15) is 22.3 Å². The molecule has 0 aromatic heterocycles. The third-order valence-corrected chi connectivity index (χ3v) is 4.34. The van der Waals surface area contributed by atoms with Crippen molar-refractivity contribution in [1.29, 1.82) is 0 Å². The number of rotatable bonds is 7. The first-order valence-corrected chi connectivity index (χ1v) is 9.04. The second-order valence-corrected chi connectivity index (χ2v) is 6.36. The largest absolute Gasteiger partial charge is 0.480 e. The number of carbonyl (C=O) groups excluding carboxylic acids is 1. The second-order valence-electron chi connectivity index (χ2n) is 6.36. The molecule has 2 N–H and O–H groups in total. The molecular weight excluding hydrogens is 350 g/mol. The van der Waals surface area contributed by atoms with Gasteiger partial charge in [-0.2, -0.15) is 0 Å². The maximum atomic E-state index is 12.4. The predicted octanol–water partition coefficient (Wildman–Crippen LogP) is 4.64. The van der Waals surface area contributed by atoms with E-state index in [2.05, 4.69) is 5.32 Å². The van der Waals surface area contributed by atoms with Crippen molar-refractivity contribution < 1.29 is 14.7 Å². The summed E-state index contributed by atoms with van der Waals surface area (Å²) >= 11 is 0. The molecule has 0 unspecified atom stereocenters. The van der Waals surface area contributed by atoms with Crippen LogP contribution >= 0.6 is 0 Å². The van der Waals surface area contributed by atoms with Gasteiger partial charge in [-0.25, -0.2) is 4.79 Å². The molecule has 0 radical (unpaired) electrons. The zero-order valence-corrected chi connectivity index (χ0v) is 15.3. The fourth-order valence-corrected chi connectivity index (χ4v) is 2.81. The Morgan fingerprint density at radius 1 is 0.821 bits per heavy atom. The van der Waals surface area contributed by atoms with Crippen molar-refractivity contribution in [2.24, 2.45) is 0 Å². The van der Waals surface area contributed by atoms with Gasteiger partial charge >= 0.3 is 5.97 Å². The average Bonchev–Trinajstić information content (AvgIpc) is 2.74. The number of carbonyl (C=O) groups is 2. The Hall–Kier alpha value is -3.66. The van der Waals surface area contributed by atoms with Gasteiger partial charge in [0.1, 0.15) is 6.04 Å². The monoisotopic (exact) mass is 371 g/mol. The number of nitrogens with one attached hydrogen (secondary N) is 1. The van der Waals surface area contributed by atoms with Gasteiger partial charge in [-0.15, -0.1) is 0 Å². The molecule has 28 heavy (non-hydrogen) atoms. The highest BCUT2D eigenvalue weighted by molar-refractivity contribution is 5.97. The van der Waals surface area contributed by atoms with Gasteiger partial charge < -0.3 is 10.4 Å². The number of carboxylic acid groups (broad SMARTS) is 1. The van der Waals surface area contributed by atoms with E-state index in [1.54, 1.807) is 18.2 Å². The lowest BCUT2D eigenvalue weighted by atomic mass is 10.0. The van der Waals surface area contributed by atoms with E-state index in [1.165, 1.54) is 0 Å². The standard InChI is InChI=1S/C24H21NO3/c26-23(21-16-14-20(15-17-21)19-11-5-2-6-12-19)25-22(24(27)28)13-7-10-18-8-3-1-4-9-18/h1-12,14-17,22H,13H2,(H,25,26)(H,27,28)/b10-7+/t22-/m0/s1. The Balaban J connectivity index is 1.64. The Morgan fingerprint density at radius 2 is 1.39 bits per heavy atom. The highest BCUT2D eigenvalue weighted by atomic mass is 16.4. The maximum Gasteiger partial charge on any atom is 0.326 e. The Bertz CT molecular complexity index is 948. The van der Waals surface area contributed by atoms with Crippen LogP contribution < -0.4 is 5.32 Å². The number of amides is 1. The van der Waals surface area contributed by atoms with E-state index in [4.69, 9.17) is 0 Å². The number of benzene rings is 3. The first kappa shape index (κ1) is 19.1. The summed E-state index contributed by atoms with van der Waals surface area (Å²) in [6.07, 6.45) is 3.81. The molecule has 0 spiro atoms. The molecule has 1 amide bonds. The van der Waals surface area contributed by atoms with E-state index in [-0.39, 0.29) is 6.42 Å². The minimum Gasteiger partial charge on any atom is -0.480 e. The highest BCUT2D eigenvalue weighted by Gasteiger charge is 2.19. The molecule has 3 rings (SSSR count). The van der Waals surface area contributed by atoms with Gasteiger partial charge in [0.2, 0.25) is 0 Å². The van der Waals surface area contributed by atoms with Crippen molar-refractivity contribution in [3.05, 3.63) is 102 Å². The van der Waals surface area contributed by atoms with E-state index in [9.17, 15) is 14.7 Å². The van der Waals surface area contributed by atoms with Crippen LogP contribution in [0.15, 0.2) is 91.0 Å². The maximum absolute atomic E-state index is 12.4. The van der Waals surface area contributed by atoms with E-state index in [0.29, 0.717) is 5.56 Å². The third-order valence-electron chi connectivity index (χ3n) is 4.34. The highest BCUT2D eigenvalue weighted by Crippen LogP contribution is 2.19.